The summed E-state index contributed by atoms with van der Waals surface area (Å²) in [7, 11) is 0. The summed E-state index contributed by atoms with van der Waals surface area (Å²) >= 11 is 0. The number of amides is 1. The molecule has 2 heteroatoms. The number of piperidine rings is 1. The lowest BCUT2D eigenvalue weighted by Crippen LogP contribution is -2.31. The molecule has 0 atom stereocenters. The van der Waals surface area contributed by atoms with Gasteiger partial charge in [-0.25, -0.2) is 0 Å². The van der Waals surface area contributed by atoms with Crippen LogP contribution in [0, 0.1) is 0 Å². The van der Waals surface area contributed by atoms with E-state index in [0.29, 0.717) is 12.1 Å². The van der Waals surface area contributed by atoms with Gasteiger partial charge in [0.1, 0.15) is 0 Å². The van der Waals surface area contributed by atoms with E-state index < -0.39 is 0 Å². The minimum absolute atomic E-state index is 0. The van der Waals surface area contributed by atoms with Crippen LogP contribution in [-0.4, -0.2) is 12.5 Å². The lowest BCUT2D eigenvalue weighted by Gasteiger charge is -2.17. The molecule has 0 aliphatic carbocycles. The highest BCUT2D eigenvalue weighted by Gasteiger charge is 2.16. The zero-order valence-corrected chi connectivity index (χ0v) is 7.31. The van der Waals surface area contributed by atoms with E-state index in [9.17, 15) is 4.79 Å². The summed E-state index contributed by atoms with van der Waals surface area (Å²) in [5.41, 5.74) is 2.54. The third-order valence-electron chi connectivity index (χ3n) is 1.76. The van der Waals surface area contributed by atoms with Crippen molar-refractivity contribution in [1.29, 1.82) is 0 Å². The van der Waals surface area contributed by atoms with Gasteiger partial charge in [-0.05, 0) is 18.9 Å². The first-order valence-corrected chi connectivity index (χ1v) is 3.95. The lowest BCUT2D eigenvalue weighted by atomic mass is 9.98. The Balaban J connectivity index is 0. The second kappa shape index (κ2) is 6.19. The highest BCUT2D eigenvalue weighted by atomic mass is 16.1. The van der Waals surface area contributed by atoms with Crippen molar-refractivity contribution in [2.75, 3.05) is 6.54 Å². The van der Waals surface area contributed by atoms with E-state index in [1.807, 2.05) is 13.0 Å². The maximum atomic E-state index is 11.1. The first-order chi connectivity index (χ1) is 5.61. The molecule has 0 aromatic heterocycles. The fourth-order valence-corrected chi connectivity index (χ4v) is 1.17. The molecule has 1 heterocycles. The molecule has 14 heavy (non-hydrogen) atoms. The third kappa shape index (κ3) is 3.60. The number of hydrogen-bond donors (Lipinski definition) is 1. The molecule has 0 saturated carbocycles. The number of hydrogen-bond acceptors (Lipinski definition) is 1. The van der Waals surface area contributed by atoms with Gasteiger partial charge in [-0.3, -0.25) is 4.79 Å². The van der Waals surface area contributed by atoms with E-state index in [1.165, 1.54) is 0 Å². The largest absolute Gasteiger partial charge is 0.352 e. The Hall–Kier alpha value is -1.31. The van der Waals surface area contributed by atoms with Crippen molar-refractivity contribution >= 4 is 5.91 Å². The zero-order valence-electron chi connectivity index (χ0n) is 7.31. The second-order valence-corrected chi connectivity index (χ2v) is 3.00. The Morgan fingerprint density at radius 3 is 2.57 bits per heavy atom. The molecule has 0 aromatic rings. The molecule has 0 spiro atoms. The van der Waals surface area contributed by atoms with Crippen molar-refractivity contribution in [1.82, 2.24) is 5.32 Å². The molecule has 1 aliphatic heterocycles. The Labute approximate surface area is 87.4 Å². The van der Waals surface area contributed by atoms with Crippen LogP contribution in [0.1, 0.15) is 28.2 Å². The fraction of sp³-hybridized carbons (Fsp3) is 0.417. The summed E-state index contributed by atoms with van der Waals surface area (Å²) in [5, 5.41) is 2.73. The topological polar surface area (TPSA) is 29.1 Å². The van der Waals surface area contributed by atoms with Crippen LogP contribution in [0.25, 0.3) is 0 Å². The highest BCUT2D eigenvalue weighted by Crippen LogP contribution is 2.17. The van der Waals surface area contributed by atoms with Gasteiger partial charge in [-0.1, -0.05) is 39.7 Å². The molecule has 1 amide bonds. The van der Waals surface area contributed by atoms with Gasteiger partial charge in [0.2, 0.25) is 0 Å². The molecular weight excluding hydrogens is 174 g/mol. The van der Waals surface area contributed by atoms with Crippen LogP contribution >= 0.6 is 0 Å². The second-order valence-electron chi connectivity index (χ2n) is 3.00. The Bertz CT molecular complexity index is 274. The van der Waals surface area contributed by atoms with Crippen LogP contribution in [-0.2, 0) is 4.79 Å². The maximum Gasteiger partial charge on any atom is 0.250 e. The van der Waals surface area contributed by atoms with E-state index in [0.717, 1.165) is 17.6 Å². The Morgan fingerprint density at radius 1 is 1.50 bits per heavy atom. The SMILES string of the molecule is C.C.C=C(C)/C=C1/CCNC(=O)C1=C. The van der Waals surface area contributed by atoms with Crippen LogP contribution in [0.15, 0.2) is 36.0 Å². The normalized spacial score (nSPS) is 17.9. The fourth-order valence-electron chi connectivity index (χ4n) is 1.17. The van der Waals surface area contributed by atoms with Crippen LogP contribution < -0.4 is 5.32 Å². The molecule has 80 valence electrons. The van der Waals surface area contributed by atoms with E-state index in [-0.39, 0.29) is 20.8 Å². The standard InChI is InChI=1S/C10H13NO.2CH4/c1-7(2)6-9-4-5-11-10(12)8(9)3;;/h6H,1,3-5H2,2H3,(H,11,12);2*1H4/b9-6-;;. The van der Waals surface area contributed by atoms with E-state index >= 15 is 0 Å². The highest BCUT2D eigenvalue weighted by molar-refractivity contribution is 5.98. The average molecular weight is 195 g/mol. The van der Waals surface area contributed by atoms with Crippen LogP contribution in [0.3, 0.4) is 0 Å². The molecule has 0 aromatic carbocycles. The molecule has 1 aliphatic rings. The number of carbonyl (C=O) groups is 1. The van der Waals surface area contributed by atoms with Gasteiger partial charge in [0.25, 0.3) is 5.91 Å². The summed E-state index contributed by atoms with van der Waals surface area (Å²) in [6, 6.07) is 0. The number of rotatable bonds is 1. The van der Waals surface area contributed by atoms with E-state index in [1.54, 1.807) is 0 Å². The predicted octanol–water partition coefficient (Wildman–Crippen LogP) is 2.84. The molecule has 1 fully saturated rings. The van der Waals surface area contributed by atoms with Crippen LogP contribution in [0.4, 0.5) is 0 Å². The summed E-state index contributed by atoms with van der Waals surface area (Å²) in [4.78, 5) is 11.1. The Kier molecular flexibility index (Phi) is 6.71. The number of allylic oxidation sites excluding steroid dienone is 2. The monoisotopic (exact) mass is 195 g/mol. The smallest absolute Gasteiger partial charge is 0.250 e. The van der Waals surface area contributed by atoms with E-state index in [2.05, 4.69) is 18.5 Å². The third-order valence-corrected chi connectivity index (χ3v) is 1.76. The Morgan fingerprint density at radius 2 is 2.07 bits per heavy atom. The number of nitrogens with one attached hydrogen (secondary N) is 1. The van der Waals surface area contributed by atoms with Crippen molar-refractivity contribution in [3.05, 3.63) is 36.0 Å². The van der Waals surface area contributed by atoms with Crippen molar-refractivity contribution in [2.24, 2.45) is 0 Å². The average Bonchev–Trinajstić information content (AvgIpc) is 1.98. The first-order valence-electron chi connectivity index (χ1n) is 3.95. The molecule has 1 N–H and O–H groups in total. The summed E-state index contributed by atoms with van der Waals surface area (Å²) in [6.07, 6.45) is 2.78. The predicted molar refractivity (Wildman–Crippen MR) is 63.1 cm³/mol. The van der Waals surface area contributed by atoms with Gasteiger partial charge in [-0.15, -0.1) is 0 Å². The minimum atomic E-state index is -0.0613. The maximum absolute atomic E-state index is 11.1. The van der Waals surface area contributed by atoms with Crippen molar-refractivity contribution < 1.29 is 4.79 Å². The van der Waals surface area contributed by atoms with Gasteiger partial charge < -0.3 is 5.32 Å². The molecular formula is C12H21NO. The van der Waals surface area contributed by atoms with Crippen molar-refractivity contribution in [3.63, 3.8) is 0 Å². The van der Waals surface area contributed by atoms with Gasteiger partial charge in [0.15, 0.2) is 0 Å². The first kappa shape index (κ1) is 15.2. The molecule has 1 saturated heterocycles. The van der Waals surface area contributed by atoms with Gasteiger partial charge in [0, 0.05) is 12.1 Å². The summed E-state index contributed by atoms with van der Waals surface area (Å²) in [5.74, 6) is -0.0613. The van der Waals surface area contributed by atoms with Crippen molar-refractivity contribution in [2.45, 2.75) is 28.2 Å². The summed E-state index contributed by atoms with van der Waals surface area (Å²) in [6.45, 7) is 10.1. The van der Waals surface area contributed by atoms with Gasteiger partial charge in [-0.2, -0.15) is 0 Å². The molecule has 0 bridgehead atoms. The zero-order chi connectivity index (χ0) is 9.14. The minimum Gasteiger partial charge on any atom is -0.352 e. The van der Waals surface area contributed by atoms with Crippen LogP contribution in [0.2, 0.25) is 0 Å². The lowest BCUT2D eigenvalue weighted by molar-refractivity contribution is -0.117. The van der Waals surface area contributed by atoms with E-state index in [4.69, 9.17) is 0 Å². The van der Waals surface area contributed by atoms with Crippen molar-refractivity contribution in [3.8, 4) is 0 Å². The van der Waals surface area contributed by atoms with Crippen LogP contribution in [0.5, 0.6) is 0 Å². The quantitative estimate of drug-likeness (QED) is 0.640. The molecule has 2 nitrogen and oxygen atoms in total. The number of carbonyl (C=O) groups excluding carboxylic acids is 1. The molecule has 0 unspecified atom stereocenters. The molecule has 1 rings (SSSR count). The van der Waals surface area contributed by atoms with Gasteiger partial charge >= 0.3 is 0 Å². The summed E-state index contributed by atoms with van der Waals surface area (Å²) < 4.78 is 0. The van der Waals surface area contributed by atoms with Gasteiger partial charge in [0.05, 0.1) is 0 Å². The molecule has 0 radical (unpaired) electrons.